The molecule has 0 saturated carbocycles. The monoisotopic (exact) mass is 272 g/mol. The van der Waals surface area contributed by atoms with E-state index in [0.29, 0.717) is 25.7 Å². The van der Waals surface area contributed by atoms with Gasteiger partial charge in [0, 0.05) is 31.7 Å². The second kappa shape index (κ2) is 4.94. The van der Waals surface area contributed by atoms with Crippen LogP contribution in [0, 0.1) is 0 Å². The maximum atomic E-state index is 12.5. The fraction of sp³-hybridized carbons (Fsp3) is 0.846. The van der Waals surface area contributed by atoms with E-state index in [-0.39, 0.29) is 11.3 Å². The van der Waals surface area contributed by atoms with Crippen LogP contribution in [0.4, 0.5) is 0 Å². The Bertz CT molecular complexity index is 436. The first-order chi connectivity index (χ1) is 8.32. The molecule has 0 aliphatic carbocycles. The molecule has 1 unspecified atom stereocenters. The van der Waals surface area contributed by atoms with Crippen LogP contribution in [0.2, 0.25) is 0 Å². The zero-order chi connectivity index (χ0) is 13.5. The third-order valence-electron chi connectivity index (χ3n) is 4.06. The van der Waals surface area contributed by atoms with E-state index in [4.69, 9.17) is 0 Å². The standard InChI is InChI=1S/C13H24N2O2S/c1-10(2)14-8-13(9-14)18(16,17)15-6-5-11(3)7-12(15)4/h7,10,12-13H,5-6,8-9H2,1-4H3. The molecule has 0 aromatic rings. The molecule has 104 valence electrons. The lowest BCUT2D eigenvalue weighted by Gasteiger charge is -2.44. The molecular formula is C13H24N2O2S. The molecule has 0 radical (unpaired) electrons. The van der Waals surface area contributed by atoms with E-state index in [1.54, 1.807) is 4.31 Å². The van der Waals surface area contributed by atoms with Crippen molar-refractivity contribution in [3.05, 3.63) is 11.6 Å². The molecule has 2 heterocycles. The predicted molar refractivity (Wildman–Crippen MR) is 74.0 cm³/mol. The van der Waals surface area contributed by atoms with Gasteiger partial charge in [-0.2, -0.15) is 4.31 Å². The van der Waals surface area contributed by atoms with Gasteiger partial charge in [-0.1, -0.05) is 11.6 Å². The molecule has 2 rings (SSSR count). The van der Waals surface area contributed by atoms with E-state index in [1.807, 2.05) is 6.92 Å². The third kappa shape index (κ3) is 2.49. The highest BCUT2D eigenvalue weighted by Gasteiger charge is 2.43. The van der Waals surface area contributed by atoms with Crippen molar-refractivity contribution in [2.24, 2.45) is 0 Å². The van der Waals surface area contributed by atoms with Gasteiger partial charge in [-0.25, -0.2) is 8.42 Å². The van der Waals surface area contributed by atoms with Gasteiger partial charge in [0.1, 0.15) is 5.25 Å². The first kappa shape index (κ1) is 14.0. The second-order valence-electron chi connectivity index (χ2n) is 5.83. The largest absolute Gasteiger partial charge is 0.298 e. The van der Waals surface area contributed by atoms with E-state index in [0.717, 1.165) is 6.42 Å². The zero-order valence-electron chi connectivity index (χ0n) is 11.8. The normalized spacial score (nSPS) is 28.3. The van der Waals surface area contributed by atoms with Crippen molar-refractivity contribution in [3.63, 3.8) is 0 Å². The molecule has 0 aromatic carbocycles. The van der Waals surface area contributed by atoms with Crippen molar-refractivity contribution in [1.82, 2.24) is 9.21 Å². The lowest BCUT2D eigenvalue weighted by Crippen LogP contribution is -2.61. The van der Waals surface area contributed by atoms with E-state index in [1.165, 1.54) is 5.57 Å². The number of nitrogens with zero attached hydrogens (tertiary/aromatic N) is 2. The number of rotatable bonds is 3. The van der Waals surface area contributed by atoms with Crippen molar-refractivity contribution in [3.8, 4) is 0 Å². The minimum absolute atomic E-state index is 0.0110. The summed E-state index contributed by atoms with van der Waals surface area (Å²) in [6.45, 7) is 10.3. The molecular weight excluding hydrogens is 248 g/mol. The lowest BCUT2D eigenvalue weighted by molar-refractivity contribution is 0.138. The average molecular weight is 272 g/mol. The Labute approximate surface area is 111 Å². The molecule has 4 nitrogen and oxygen atoms in total. The van der Waals surface area contributed by atoms with Crippen LogP contribution >= 0.6 is 0 Å². The van der Waals surface area contributed by atoms with Crippen molar-refractivity contribution in [2.45, 2.75) is 51.4 Å². The van der Waals surface area contributed by atoms with E-state index in [9.17, 15) is 8.42 Å². The average Bonchev–Trinajstić information content (AvgIpc) is 2.12. The van der Waals surface area contributed by atoms with Gasteiger partial charge in [0.25, 0.3) is 0 Å². The Morgan fingerprint density at radius 2 is 1.94 bits per heavy atom. The molecule has 5 heteroatoms. The van der Waals surface area contributed by atoms with Crippen LogP contribution in [0.5, 0.6) is 0 Å². The number of likely N-dealkylation sites (tertiary alicyclic amines) is 1. The summed E-state index contributed by atoms with van der Waals surface area (Å²) in [5, 5.41) is -0.200. The van der Waals surface area contributed by atoms with Gasteiger partial charge in [0.2, 0.25) is 10.0 Å². The molecule has 2 aliphatic rings. The van der Waals surface area contributed by atoms with Gasteiger partial charge in [-0.05, 0) is 34.1 Å². The van der Waals surface area contributed by atoms with Crippen LogP contribution in [0.25, 0.3) is 0 Å². The summed E-state index contributed by atoms with van der Waals surface area (Å²) in [5.41, 5.74) is 1.30. The highest BCUT2D eigenvalue weighted by atomic mass is 32.2. The Balaban J connectivity index is 2.05. The molecule has 0 amide bonds. The maximum Gasteiger partial charge on any atom is 0.220 e. The Morgan fingerprint density at radius 3 is 2.44 bits per heavy atom. The van der Waals surface area contributed by atoms with Crippen molar-refractivity contribution >= 4 is 10.0 Å². The summed E-state index contributed by atoms with van der Waals surface area (Å²) in [6.07, 6.45) is 2.93. The van der Waals surface area contributed by atoms with Gasteiger partial charge in [0.15, 0.2) is 0 Å². The van der Waals surface area contributed by atoms with Crippen molar-refractivity contribution < 1.29 is 8.42 Å². The van der Waals surface area contributed by atoms with Gasteiger partial charge < -0.3 is 0 Å². The van der Waals surface area contributed by atoms with E-state index in [2.05, 4.69) is 31.7 Å². The highest BCUT2D eigenvalue weighted by Crippen LogP contribution is 2.26. The molecule has 18 heavy (non-hydrogen) atoms. The first-order valence-corrected chi connectivity index (χ1v) is 8.24. The van der Waals surface area contributed by atoms with Gasteiger partial charge in [-0.15, -0.1) is 0 Å². The smallest absolute Gasteiger partial charge is 0.220 e. The Kier molecular flexibility index (Phi) is 3.85. The lowest BCUT2D eigenvalue weighted by atomic mass is 10.1. The third-order valence-corrected chi connectivity index (χ3v) is 6.37. The van der Waals surface area contributed by atoms with Gasteiger partial charge in [0.05, 0.1) is 0 Å². The molecule has 0 bridgehead atoms. The number of hydrogen-bond donors (Lipinski definition) is 0. The predicted octanol–water partition coefficient (Wildman–Crippen LogP) is 1.45. The number of sulfonamides is 1. The molecule has 0 N–H and O–H groups in total. The summed E-state index contributed by atoms with van der Waals surface area (Å²) in [7, 11) is -3.12. The summed E-state index contributed by atoms with van der Waals surface area (Å²) in [6, 6.07) is 0.453. The molecule has 0 spiro atoms. The van der Waals surface area contributed by atoms with Crippen molar-refractivity contribution in [1.29, 1.82) is 0 Å². The highest BCUT2D eigenvalue weighted by molar-refractivity contribution is 7.89. The van der Waals surface area contributed by atoms with Crippen LogP contribution in [0.3, 0.4) is 0 Å². The van der Waals surface area contributed by atoms with Gasteiger partial charge in [-0.3, -0.25) is 4.90 Å². The second-order valence-corrected chi connectivity index (χ2v) is 7.99. The molecule has 0 aromatic heterocycles. The fourth-order valence-corrected chi connectivity index (χ4v) is 4.71. The topological polar surface area (TPSA) is 40.6 Å². The SMILES string of the molecule is CC1=CC(C)N(S(=O)(=O)C2CN(C(C)C)C2)CC1. The Hall–Kier alpha value is -0.390. The summed E-state index contributed by atoms with van der Waals surface area (Å²) in [5.74, 6) is 0. The van der Waals surface area contributed by atoms with Crippen LogP contribution < -0.4 is 0 Å². The molecule has 1 fully saturated rings. The van der Waals surface area contributed by atoms with Gasteiger partial charge >= 0.3 is 0 Å². The first-order valence-electron chi connectivity index (χ1n) is 6.74. The van der Waals surface area contributed by atoms with Crippen molar-refractivity contribution in [2.75, 3.05) is 19.6 Å². The van der Waals surface area contributed by atoms with E-state index >= 15 is 0 Å². The summed E-state index contributed by atoms with van der Waals surface area (Å²) in [4.78, 5) is 2.21. The molecule has 1 atom stereocenters. The Morgan fingerprint density at radius 1 is 1.33 bits per heavy atom. The zero-order valence-corrected chi connectivity index (χ0v) is 12.6. The quantitative estimate of drug-likeness (QED) is 0.730. The number of hydrogen-bond acceptors (Lipinski definition) is 3. The molecule has 2 aliphatic heterocycles. The van der Waals surface area contributed by atoms with Crippen LogP contribution in [0.15, 0.2) is 11.6 Å². The van der Waals surface area contributed by atoms with Crippen LogP contribution in [-0.2, 0) is 10.0 Å². The molecule has 1 saturated heterocycles. The minimum Gasteiger partial charge on any atom is -0.298 e. The van der Waals surface area contributed by atoms with Crippen LogP contribution in [-0.4, -0.2) is 54.6 Å². The fourth-order valence-electron chi connectivity index (χ4n) is 2.70. The summed E-state index contributed by atoms with van der Waals surface area (Å²) >= 11 is 0. The maximum absolute atomic E-state index is 12.5. The minimum atomic E-state index is -3.12. The van der Waals surface area contributed by atoms with E-state index < -0.39 is 10.0 Å². The van der Waals surface area contributed by atoms with Crippen LogP contribution in [0.1, 0.15) is 34.1 Å². The summed E-state index contributed by atoms with van der Waals surface area (Å²) < 4.78 is 26.7.